The summed E-state index contributed by atoms with van der Waals surface area (Å²) in [4.78, 5) is 12.0. The molecule has 0 aromatic heterocycles. The molecule has 4 nitrogen and oxygen atoms in total. The second-order valence-electron chi connectivity index (χ2n) is 6.30. The number of carbonyl (C=O) groups excluding carboxylic acids is 1. The fraction of sp³-hybridized carbons (Fsp3) is 0.562. The van der Waals surface area contributed by atoms with Crippen molar-refractivity contribution >= 4 is 11.6 Å². The number of phenols is 1. The summed E-state index contributed by atoms with van der Waals surface area (Å²) in [6.45, 7) is 0.344. The molecule has 1 aromatic carbocycles. The van der Waals surface area contributed by atoms with Crippen molar-refractivity contribution in [3.05, 3.63) is 23.8 Å². The van der Waals surface area contributed by atoms with Crippen LogP contribution in [0.5, 0.6) is 5.75 Å². The number of benzene rings is 1. The molecule has 0 heterocycles. The molecular formula is C16H22N2O2. The van der Waals surface area contributed by atoms with Gasteiger partial charge in [-0.25, -0.2) is 0 Å². The zero-order valence-electron chi connectivity index (χ0n) is 11.6. The summed E-state index contributed by atoms with van der Waals surface area (Å²) >= 11 is 0. The average molecular weight is 274 g/mol. The number of phenolic OH excluding ortho intramolecular Hbond substituents is 1. The number of nitrogen functional groups attached to an aromatic ring is 1. The van der Waals surface area contributed by atoms with Crippen molar-refractivity contribution in [3.63, 3.8) is 0 Å². The van der Waals surface area contributed by atoms with Gasteiger partial charge in [-0.05, 0) is 55.2 Å². The van der Waals surface area contributed by atoms with Crippen LogP contribution in [0.15, 0.2) is 18.2 Å². The van der Waals surface area contributed by atoms with E-state index in [4.69, 9.17) is 5.73 Å². The molecule has 3 atom stereocenters. The Morgan fingerprint density at radius 1 is 1.35 bits per heavy atom. The molecule has 0 radical (unpaired) electrons. The first-order valence-electron chi connectivity index (χ1n) is 7.46. The lowest BCUT2D eigenvalue weighted by atomic mass is 9.86. The first kappa shape index (κ1) is 13.3. The number of carbonyl (C=O) groups is 1. The Balaban J connectivity index is 1.51. The molecule has 20 heavy (non-hydrogen) atoms. The van der Waals surface area contributed by atoms with Gasteiger partial charge in [0.2, 0.25) is 5.91 Å². The van der Waals surface area contributed by atoms with Crippen molar-refractivity contribution in [3.8, 4) is 5.75 Å². The molecule has 2 bridgehead atoms. The summed E-state index contributed by atoms with van der Waals surface area (Å²) in [5.41, 5.74) is 6.95. The predicted octanol–water partition coefficient (Wildman–Crippen LogP) is 2.42. The number of nitrogens with one attached hydrogen (secondary N) is 1. The second-order valence-corrected chi connectivity index (χ2v) is 6.30. The van der Waals surface area contributed by atoms with Gasteiger partial charge in [-0.2, -0.15) is 0 Å². The maximum absolute atomic E-state index is 12.0. The summed E-state index contributed by atoms with van der Waals surface area (Å²) in [6, 6.07) is 4.91. The number of hydrogen-bond donors (Lipinski definition) is 3. The number of nitrogens with two attached hydrogens (primary N) is 1. The molecule has 1 amide bonds. The van der Waals surface area contributed by atoms with Gasteiger partial charge in [-0.3, -0.25) is 4.79 Å². The Bertz CT molecular complexity index is 515. The van der Waals surface area contributed by atoms with Gasteiger partial charge in [0.15, 0.2) is 0 Å². The van der Waals surface area contributed by atoms with Gasteiger partial charge in [0.1, 0.15) is 5.75 Å². The van der Waals surface area contributed by atoms with Gasteiger partial charge in [0.05, 0.1) is 0 Å². The standard InChI is InChI=1S/C16H22N2O2/c17-14-3-4-15(19)13(7-14)9-18-16(20)8-12-6-10-1-2-11(12)5-10/h3-4,7,10-12,19H,1-2,5-6,8-9,17H2,(H,18,20). The zero-order valence-corrected chi connectivity index (χ0v) is 11.6. The summed E-state index contributed by atoms with van der Waals surface area (Å²) in [7, 11) is 0. The van der Waals surface area contributed by atoms with E-state index < -0.39 is 0 Å². The lowest BCUT2D eigenvalue weighted by molar-refractivity contribution is -0.122. The third-order valence-corrected chi connectivity index (χ3v) is 4.91. The summed E-state index contributed by atoms with van der Waals surface area (Å²) in [5, 5.41) is 12.6. The quantitative estimate of drug-likeness (QED) is 0.583. The van der Waals surface area contributed by atoms with Crippen molar-refractivity contribution < 1.29 is 9.90 Å². The Kier molecular flexibility index (Phi) is 3.55. The van der Waals surface area contributed by atoms with Crippen molar-refractivity contribution in [2.24, 2.45) is 17.8 Å². The van der Waals surface area contributed by atoms with Gasteiger partial charge in [-0.1, -0.05) is 6.42 Å². The molecule has 1 aromatic rings. The maximum Gasteiger partial charge on any atom is 0.220 e. The largest absolute Gasteiger partial charge is 0.508 e. The predicted molar refractivity (Wildman–Crippen MR) is 77.9 cm³/mol. The molecule has 3 unspecified atom stereocenters. The first-order valence-corrected chi connectivity index (χ1v) is 7.46. The van der Waals surface area contributed by atoms with Gasteiger partial charge in [0, 0.05) is 24.2 Å². The monoisotopic (exact) mass is 274 g/mol. The van der Waals surface area contributed by atoms with E-state index in [-0.39, 0.29) is 11.7 Å². The van der Waals surface area contributed by atoms with Crippen LogP contribution in [0.2, 0.25) is 0 Å². The van der Waals surface area contributed by atoms with Gasteiger partial charge >= 0.3 is 0 Å². The minimum atomic E-state index is 0.0874. The molecule has 2 aliphatic carbocycles. The first-order chi connectivity index (χ1) is 9.61. The van der Waals surface area contributed by atoms with Crippen LogP contribution in [0.25, 0.3) is 0 Å². The summed E-state index contributed by atoms with van der Waals surface area (Å²) in [6.07, 6.45) is 5.85. The molecule has 0 saturated heterocycles. The highest BCUT2D eigenvalue weighted by atomic mass is 16.3. The Hall–Kier alpha value is -1.71. The van der Waals surface area contributed by atoms with Crippen LogP contribution in [0.4, 0.5) is 5.69 Å². The number of amides is 1. The van der Waals surface area contributed by atoms with E-state index in [1.807, 2.05) is 0 Å². The highest BCUT2D eigenvalue weighted by molar-refractivity contribution is 5.76. The van der Waals surface area contributed by atoms with Crippen molar-refractivity contribution in [2.45, 2.75) is 38.6 Å². The number of anilines is 1. The molecule has 0 aliphatic heterocycles. The Labute approximate surface area is 119 Å². The van der Waals surface area contributed by atoms with Crippen molar-refractivity contribution in [1.82, 2.24) is 5.32 Å². The average Bonchev–Trinajstić information content (AvgIpc) is 3.02. The number of rotatable bonds is 4. The molecular weight excluding hydrogens is 252 g/mol. The third kappa shape index (κ3) is 2.74. The van der Waals surface area contributed by atoms with Gasteiger partial charge < -0.3 is 16.2 Å². The smallest absolute Gasteiger partial charge is 0.220 e. The fourth-order valence-electron chi connectivity index (χ4n) is 3.88. The molecule has 3 rings (SSSR count). The van der Waals surface area contributed by atoms with Gasteiger partial charge in [-0.15, -0.1) is 0 Å². The topological polar surface area (TPSA) is 75.3 Å². The van der Waals surface area contributed by atoms with Crippen LogP contribution >= 0.6 is 0 Å². The van der Waals surface area contributed by atoms with Crippen LogP contribution in [-0.2, 0) is 11.3 Å². The van der Waals surface area contributed by atoms with Crippen LogP contribution < -0.4 is 11.1 Å². The van der Waals surface area contributed by atoms with Crippen molar-refractivity contribution in [2.75, 3.05) is 5.73 Å². The molecule has 108 valence electrons. The van der Waals surface area contributed by atoms with E-state index in [9.17, 15) is 9.90 Å². The maximum atomic E-state index is 12.0. The SMILES string of the molecule is Nc1ccc(O)c(CNC(=O)CC2CC3CCC2C3)c1. The lowest BCUT2D eigenvalue weighted by Crippen LogP contribution is -2.27. The van der Waals surface area contributed by atoms with Crippen LogP contribution in [0, 0.1) is 17.8 Å². The van der Waals surface area contributed by atoms with Crippen LogP contribution in [0.1, 0.15) is 37.7 Å². The molecule has 2 aliphatic rings. The van der Waals surface area contributed by atoms with E-state index in [1.54, 1.807) is 18.2 Å². The molecule has 2 saturated carbocycles. The van der Waals surface area contributed by atoms with Gasteiger partial charge in [0.25, 0.3) is 0 Å². The Morgan fingerprint density at radius 3 is 2.90 bits per heavy atom. The second kappa shape index (κ2) is 5.35. The molecule has 4 N–H and O–H groups in total. The summed E-state index contributed by atoms with van der Waals surface area (Å²) < 4.78 is 0. The van der Waals surface area contributed by atoms with E-state index >= 15 is 0 Å². The van der Waals surface area contributed by atoms with E-state index in [2.05, 4.69) is 5.32 Å². The normalized spacial score (nSPS) is 27.7. The fourth-order valence-corrected chi connectivity index (χ4v) is 3.88. The zero-order chi connectivity index (χ0) is 14.1. The van der Waals surface area contributed by atoms with E-state index in [0.29, 0.717) is 30.1 Å². The van der Waals surface area contributed by atoms with Crippen LogP contribution in [-0.4, -0.2) is 11.0 Å². The highest BCUT2D eigenvalue weighted by Gasteiger charge is 2.39. The van der Waals surface area contributed by atoms with Crippen molar-refractivity contribution in [1.29, 1.82) is 0 Å². The minimum absolute atomic E-state index is 0.0874. The molecule has 4 heteroatoms. The summed E-state index contributed by atoms with van der Waals surface area (Å²) in [5.74, 6) is 2.48. The third-order valence-electron chi connectivity index (χ3n) is 4.91. The lowest BCUT2D eigenvalue weighted by Gasteiger charge is -2.21. The highest BCUT2D eigenvalue weighted by Crippen LogP contribution is 2.49. The molecule has 2 fully saturated rings. The number of fused-ring (bicyclic) bond motifs is 2. The number of hydrogen-bond acceptors (Lipinski definition) is 3. The van der Waals surface area contributed by atoms with E-state index in [1.165, 1.54) is 25.7 Å². The van der Waals surface area contributed by atoms with E-state index in [0.717, 1.165) is 11.8 Å². The Morgan fingerprint density at radius 2 is 2.20 bits per heavy atom. The molecule has 0 spiro atoms. The van der Waals surface area contributed by atoms with Crippen LogP contribution in [0.3, 0.4) is 0 Å². The minimum Gasteiger partial charge on any atom is -0.508 e. The number of aromatic hydroxyl groups is 1.